The van der Waals surface area contributed by atoms with Gasteiger partial charge in [0.15, 0.2) is 0 Å². The normalized spacial score (nSPS) is 28.5. The highest BCUT2D eigenvalue weighted by Gasteiger charge is 2.52. The van der Waals surface area contributed by atoms with Crippen molar-refractivity contribution in [3.63, 3.8) is 0 Å². The summed E-state index contributed by atoms with van der Waals surface area (Å²) in [6.07, 6.45) is 1.46. The Morgan fingerprint density at radius 1 is 1.35 bits per heavy atom. The van der Waals surface area contributed by atoms with Crippen molar-refractivity contribution in [3.8, 4) is 5.75 Å². The quantitative estimate of drug-likeness (QED) is 0.897. The Bertz CT molecular complexity index is 555. The molecule has 3 aliphatic heterocycles. The van der Waals surface area contributed by atoms with Crippen LogP contribution in [0.3, 0.4) is 0 Å². The molecule has 0 aliphatic carbocycles. The maximum Gasteiger partial charge on any atom is 0.249 e. The Kier molecular flexibility index (Phi) is 2.92. The van der Waals surface area contributed by atoms with Gasteiger partial charge in [0.25, 0.3) is 0 Å². The second-order valence-corrected chi connectivity index (χ2v) is 5.66. The average molecular weight is 274 g/mol. The van der Waals surface area contributed by atoms with Gasteiger partial charge in [-0.05, 0) is 37.5 Å². The first kappa shape index (κ1) is 13.0. The van der Waals surface area contributed by atoms with Crippen molar-refractivity contribution in [3.05, 3.63) is 29.8 Å². The molecule has 2 atom stereocenters. The van der Waals surface area contributed by atoms with E-state index in [2.05, 4.69) is 5.32 Å². The van der Waals surface area contributed by atoms with E-state index in [0.717, 1.165) is 24.2 Å². The maximum atomic E-state index is 12.5. The third kappa shape index (κ3) is 1.94. The fourth-order valence-corrected chi connectivity index (χ4v) is 3.00. The fourth-order valence-electron chi connectivity index (χ4n) is 3.00. The molecule has 2 unspecified atom stereocenters. The Morgan fingerprint density at radius 2 is 2.05 bits per heavy atom. The number of methoxy groups -OCH3 is 1. The molecule has 2 bridgehead atoms. The molecule has 0 saturated carbocycles. The third-order valence-corrected chi connectivity index (χ3v) is 4.24. The van der Waals surface area contributed by atoms with Crippen molar-refractivity contribution in [2.24, 2.45) is 0 Å². The number of nitrogens with one attached hydrogen (secondary N) is 1. The number of hydrogen-bond donors (Lipinski definition) is 1. The number of benzene rings is 1. The average Bonchev–Trinajstić information content (AvgIpc) is 2.44. The second kappa shape index (κ2) is 4.51. The number of carbonyl (C=O) groups excluding carboxylic acids is 2. The second-order valence-electron chi connectivity index (χ2n) is 5.66. The van der Waals surface area contributed by atoms with Gasteiger partial charge >= 0.3 is 0 Å². The van der Waals surface area contributed by atoms with Crippen LogP contribution in [0.1, 0.15) is 25.3 Å². The first-order valence-corrected chi connectivity index (χ1v) is 6.79. The van der Waals surface area contributed by atoms with Gasteiger partial charge in [0.1, 0.15) is 17.3 Å². The van der Waals surface area contributed by atoms with E-state index >= 15 is 0 Å². The summed E-state index contributed by atoms with van der Waals surface area (Å²) in [5.41, 5.74) is 0.279. The number of fused-ring (bicyclic) bond motifs is 3. The Hall–Kier alpha value is -2.04. The van der Waals surface area contributed by atoms with Crippen LogP contribution in [0.25, 0.3) is 0 Å². The van der Waals surface area contributed by atoms with Crippen LogP contribution in [0.4, 0.5) is 0 Å². The minimum atomic E-state index is -0.724. The summed E-state index contributed by atoms with van der Waals surface area (Å²) in [7, 11) is 1.62. The fraction of sp³-hybridized carbons (Fsp3) is 0.467. The van der Waals surface area contributed by atoms with E-state index in [1.807, 2.05) is 31.2 Å². The number of amides is 2. The molecule has 0 radical (unpaired) electrons. The number of carbonyl (C=O) groups is 2. The summed E-state index contributed by atoms with van der Waals surface area (Å²) < 4.78 is 5.12. The van der Waals surface area contributed by atoms with Crippen molar-refractivity contribution < 1.29 is 14.3 Å². The number of piperidine rings is 2. The maximum absolute atomic E-state index is 12.5. The molecule has 5 heteroatoms. The summed E-state index contributed by atoms with van der Waals surface area (Å²) >= 11 is 0. The minimum absolute atomic E-state index is 0.0177. The van der Waals surface area contributed by atoms with E-state index in [-0.39, 0.29) is 17.9 Å². The number of piperazine rings is 1. The molecule has 3 saturated heterocycles. The van der Waals surface area contributed by atoms with E-state index in [0.29, 0.717) is 6.54 Å². The molecule has 3 heterocycles. The lowest BCUT2D eigenvalue weighted by Gasteiger charge is -2.49. The Morgan fingerprint density at radius 3 is 2.65 bits per heavy atom. The molecule has 0 aromatic heterocycles. The number of rotatable bonds is 3. The van der Waals surface area contributed by atoms with Crippen LogP contribution >= 0.6 is 0 Å². The molecule has 1 N–H and O–H groups in total. The smallest absolute Gasteiger partial charge is 0.249 e. The monoisotopic (exact) mass is 274 g/mol. The zero-order chi connectivity index (χ0) is 14.3. The summed E-state index contributed by atoms with van der Waals surface area (Å²) in [6, 6.07) is 7.25. The molecule has 3 aliphatic rings. The summed E-state index contributed by atoms with van der Waals surface area (Å²) in [6.45, 7) is 2.28. The van der Waals surface area contributed by atoms with Gasteiger partial charge in [-0.15, -0.1) is 0 Å². The van der Waals surface area contributed by atoms with E-state index < -0.39 is 5.54 Å². The van der Waals surface area contributed by atoms with Crippen molar-refractivity contribution in [1.29, 1.82) is 0 Å². The molecule has 2 amide bonds. The lowest BCUT2D eigenvalue weighted by Crippen LogP contribution is -2.72. The summed E-state index contributed by atoms with van der Waals surface area (Å²) in [4.78, 5) is 26.1. The van der Waals surface area contributed by atoms with E-state index in [1.54, 1.807) is 12.0 Å². The lowest BCUT2D eigenvalue weighted by atomic mass is 9.81. The largest absolute Gasteiger partial charge is 0.497 e. The van der Waals surface area contributed by atoms with E-state index in [9.17, 15) is 9.59 Å². The van der Waals surface area contributed by atoms with Gasteiger partial charge in [0, 0.05) is 6.54 Å². The highest BCUT2D eigenvalue weighted by Crippen LogP contribution is 2.33. The Balaban J connectivity index is 1.82. The highest BCUT2D eigenvalue weighted by molar-refractivity contribution is 6.01. The number of ether oxygens (including phenoxy) is 1. The van der Waals surface area contributed by atoms with Gasteiger partial charge in [-0.2, -0.15) is 0 Å². The first-order chi connectivity index (χ1) is 9.53. The number of hydrogen-bond acceptors (Lipinski definition) is 3. The third-order valence-electron chi connectivity index (χ3n) is 4.24. The molecule has 3 fully saturated rings. The van der Waals surface area contributed by atoms with Crippen LogP contribution in [0, 0.1) is 0 Å². The van der Waals surface area contributed by atoms with Gasteiger partial charge < -0.3 is 15.0 Å². The minimum Gasteiger partial charge on any atom is -0.497 e. The van der Waals surface area contributed by atoms with E-state index in [4.69, 9.17) is 4.74 Å². The molecule has 1 aromatic carbocycles. The topological polar surface area (TPSA) is 58.6 Å². The number of nitrogens with zero attached hydrogens (tertiary/aromatic N) is 1. The molecule has 1 aromatic rings. The van der Waals surface area contributed by atoms with Crippen LogP contribution in [-0.4, -0.2) is 35.4 Å². The van der Waals surface area contributed by atoms with Gasteiger partial charge in [-0.25, -0.2) is 0 Å². The van der Waals surface area contributed by atoms with Gasteiger partial charge in [-0.3, -0.25) is 9.59 Å². The van der Waals surface area contributed by atoms with Crippen molar-refractivity contribution >= 4 is 11.8 Å². The standard InChI is InChI=1S/C15H18N2O3/c1-15-8-7-12(13(18)16-15)17(14(15)19)9-10-3-5-11(20-2)6-4-10/h3-6,12H,7-9H2,1-2H3,(H,16,18). The summed E-state index contributed by atoms with van der Waals surface area (Å²) in [5, 5.41) is 2.83. The van der Waals surface area contributed by atoms with E-state index in [1.165, 1.54) is 0 Å². The van der Waals surface area contributed by atoms with Gasteiger partial charge in [0.05, 0.1) is 7.11 Å². The van der Waals surface area contributed by atoms with Crippen LogP contribution < -0.4 is 10.1 Å². The molecule has 20 heavy (non-hydrogen) atoms. The summed E-state index contributed by atoms with van der Waals surface area (Å²) in [5.74, 6) is 0.765. The van der Waals surface area contributed by atoms with Crippen LogP contribution in [0.15, 0.2) is 24.3 Å². The predicted octanol–water partition coefficient (Wildman–Crippen LogP) is 1.07. The van der Waals surface area contributed by atoms with Crippen molar-refractivity contribution in [2.45, 2.75) is 37.9 Å². The Labute approximate surface area is 117 Å². The van der Waals surface area contributed by atoms with Crippen LogP contribution in [0.5, 0.6) is 5.75 Å². The van der Waals surface area contributed by atoms with Crippen LogP contribution in [0.2, 0.25) is 0 Å². The van der Waals surface area contributed by atoms with Gasteiger partial charge in [-0.1, -0.05) is 12.1 Å². The lowest BCUT2D eigenvalue weighted by molar-refractivity contribution is -0.161. The first-order valence-electron chi connectivity index (χ1n) is 6.79. The zero-order valence-electron chi connectivity index (χ0n) is 11.7. The molecule has 106 valence electrons. The van der Waals surface area contributed by atoms with Crippen molar-refractivity contribution in [1.82, 2.24) is 10.2 Å². The zero-order valence-corrected chi connectivity index (χ0v) is 11.7. The van der Waals surface area contributed by atoms with Crippen LogP contribution in [-0.2, 0) is 16.1 Å². The molecule has 4 rings (SSSR count). The molecular weight excluding hydrogens is 256 g/mol. The SMILES string of the molecule is COc1ccc(CN2C(=O)C3(C)CCC2C(=O)N3)cc1. The predicted molar refractivity (Wildman–Crippen MR) is 73.1 cm³/mol. The molecule has 0 spiro atoms. The van der Waals surface area contributed by atoms with Crippen molar-refractivity contribution in [2.75, 3.05) is 7.11 Å². The molecule has 5 nitrogen and oxygen atoms in total. The highest BCUT2D eigenvalue weighted by atomic mass is 16.5. The molecular formula is C15H18N2O3. The van der Waals surface area contributed by atoms with Gasteiger partial charge in [0.2, 0.25) is 11.8 Å².